The Morgan fingerprint density at radius 2 is 2.17 bits per heavy atom. The molecule has 0 radical (unpaired) electrons. The summed E-state index contributed by atoms with van der Waals surface area (Å²) in [6.45, 7) is 1.26. The lowest BCUT2D eigenvalue weighted by atomic mass is 9.94. The average molecular weight is 329 g/mol. The normalized spacial score (nSPS) is 17.7. The van der Waals surface area contributed by atoms with Crippen LogP contribution in [0, 0.1) is 0 Å². The zero-order valence-corrected chi connectivity index (χ0v) is 13.1. The second-order valence-corrected chi connectivity index (χ2v) is 5.83. The molecule has 1 atom stereocenters. The predicted octanol–water partition coefficient (Wildman–Crippen LogP) is 0.846. The van der Waals surface area contributed by atoms with Gasteiger partial charge in [-0.15, -0.1) is 0 Å². The van der Waals surface area contributed by atoms with Crippen LogP contribution in [0.4, 0.5) is 5.82 Å². The van der Waals surface area contributed by atoms with Gasteiger partial charge in [0.05, 0.1) is 5.56 Å². The van der Waals surface area contributed by atoms with Crippen LogP contribution in [0.5, 0.6) is 0 Å². The van der Waals surface area contributed by atoms with Crippen molar-refractivity contribution in [3.05, 3.63) is 41.9 Å². The molecule has 1 amide bonds. The van der Waals surface area contributed by atoms with Gasteiger partial charge in [-0.25, -0.2) is 4.98 Å². The molecule has 3 heterocycles. The Morgan fingerprint density at radius 1 is 1.33 bits per heavy atom. The number of rotatable bonds is 5. The van der Waals surface area contributed by atoms with Crippen molar-refractivity contribution in [2.24, 2.45) is 5.73 Å². The van der Waals surface area contributed by atoms with Gasteiger partial charge in [-0.1, -0.05) is 0 Å². The number of carboxylic acid groups (broad SMARTS) is 1. The minimum absolute atomic E-state index is 0.128. The number of aliphatic carboxylic acids is 1. The van der Waals surface area contributed by atoms with Crippen LogP contribution in [-0.2, 0) is 11.3 Å². The topological polar surface area (TPSA) is 114 Å². The Hall–Kier alpha value is -2.90. The Bertz CT molecular complexity index is 758. The van der Waals surface area contributed by atoms with E-state index in [0.717, 1.165) is 25.1 Å². The highest BCUT2D eigenvalue weighted by Gasteiger charge is 2.27. The van der Waals surface area contributed by atoms with E-state index >= 15 is 0 Å². The van der Waals surface area contributed by atoms with Gasteiger partial charge in [0, 0.05) is 37.1 Å². The van der Waals surface area contributed by atoms with E-state index in [-0.39, 0.29) is 12.5 Å². The minimum Gasteiger partial charge on any atom is -0.480 e. The molecule has 1 unspecified atom stereocenters. The monoisotopic (exact) mass is 329 g/mol. The number of anilines is 1. The van der Waals surface area contributed by atoms with Crippen molar-refractivity contribution in [1.29, 1.82) is 0 Å². The Kier molecular flexibility index (Phi) is 4.45. The van der Waals surface area contributed by atoms with Crippen molar-refractivity contribution >= 4 is 17.7 Å². The Morgan fingerprint density at radius 3 is 2.92 bits per heavy atom. The van der Waals surface area contributed by atoms with Gasteiger partial charge < -0.3 is 15.7 Å². The SMILES string of the molecule is NC(=O)c1cccnc1N1CCCC(c2ccnn2CC(=O)O)C1. The van der Waals surface area contributed by atoms with E-state index in [1.807, 2.05) is 11.0 Å². The van der Waals surface area contributed by atoms with E-state index in [1.165, 1.54) is 4.68 Å². The highest BCUT2D eigenvalue weighted by atomic mass is 16.4. The number of nitrogens with zero attached hydrogens (tertiary/aromatic N) is 4. The van der Waals surface area contributed by atoms with Crippen molar-refractivity contribution in [3.63, 3.8) is 0 Å². The number of hydrogen-bond acceptors (Lipinski definition) is 5. The van der Waals surface area contributed by atoms with Crippen LogP contribution in [-0.4, -0.2) is 44.8 Å². The first-order chi connectivity index (χ1) is 11.6. The molecule has 126 valence electrons. The molecule has 0 aliphatic carbocycles. The molecule has 0 saturated carbocycles. The predicted molar refractivity (Wildman–Crippen MR) is 86.8 cm³/mol. The van der Waals surface area contributed by atoms with Crippen molar-refractivity contribution in [1.82, 2.24) is 14.8 Å². The maximum atomic E-state index is 11.6. The molecule has 0 bridgehead atoms. The molecule has 8 heteroatoms. The van der Waals surface area contributed by atoms with Gasteiger partial charge in [0.15, 0.2) is 0 Å². The molecule has 0 spiro atoms. The van der Waals surface area contributed by atoms with Crippen LogP contribution in [0.25, 0.3) is 0 Å². The number of aromatic nitrogens is 3. The third kappa shape index (κ3) is 3.22. The van der Waals surface area contributed by atoms with Gasteiger partial charge in [-0.3, -0.25) is 14.3 Å². The second-order valence-electron chi connectivity index (χ2n) is 5.83. The molecule has 24 heavy (non-hydrogen) atoms. The second kappa shape index (κ2) is 6.69. The summed E-state index contributed by atoms with van der Waals surface area (Å²) < 4.78 is 1.52. The van der Waals surface area contributed by atoms with Crippen LogP contribution in [0.2, 0.25) is 0 Å². The number of hydrogen-bond donors (Lipinski definition) is 2. The maximum Gasteiger partial charge on any atom is 0.325 e. The number of nitrogens with two attached hydrogens (primary N) is 1. The number of carbonyl (C=O) groups is 2. The third-order valence-electron chi connectivity index (χ3n) is 4.23. The van der Waals surface area contributed by atoms with Crippen LogP contribution < -0.4 is 10.6 Å². The van der Waals surface area contributed by atoms with Gasteiger partial charge in [-0.05, 0) is 31.0 Å². The van der Waals surface area contributed by atoms with E-state index in [2.05, 4.69) is 10.1 Å². The molecule has 1 fully saturated rings. The van der Waals surface area contributed by atoms with Gasteiger partial charge in [-0.2, -0.15) is 5.10 Å². The Labute approximate surface area is 138 Å². The summed E-state index contributed by atoms with van der Waals surface area (Å²) >= 11 is 0. The van der Waals surface area contributed by atoms with Crippen molar-refractivity contribution in [2.75, 3.05) is 18.0 Å². The minimum atomic E-state index is -0.923. The molecule has 1 aliphatic heterocycles. The molecule has 8 nitrogen and oxygen atoms in total. The molecule has 3 rings (SSSR count). The summed E-state index contributed by atoms with van der Waals surface area (Å²) in [5.41, 5.74) is 6.73. The van der Waals surface area contributed by atoms with Crippen LogP contribution in [0.15, 0.2) is 30.6 Å². The number of carboxylic acids is 1. The third-order valence-corrected chi connectivity index (χ3v) is 4.23. The molecular formula is C16H19N5O3. The molecule has 0 aromatic carbocycles. The number of primary amides is 1. The first kappa shape index (κ1) is 16.0. The lowest BCUT2D eigenvalue weighted by Gasteiger charge is -2.34. The smallest absolute Gasteiger partial charge is 0.325 e. The largest absolute Gasteiger partial charge is 0.480 e. The fraction of sp³-hybridized carbons (Fsp3) is 0.375. The van der Waals surface area contributed by atoms with Gasteiger partial charge in [0.2, 0.25) is 0 Å². The zero-order chi connectivity index (χ0) is 17.1. The lowest BCUT2D eigenvalue weighted by Crippen LogP contribution is -2.37. The molecule has 2 aromatic rings. The number of piperidine rings is 1. The van der Waals surface area contributed by atoms with Crippen LogP contribution >= 0.6 is 0 Å². The highest BCUT2D eigenvalue weighted by Crippen LogP contribution is 2.30. The van der Waals surface area contributed by atoms with Crippen molar-refractivity contribution < 1.29 is 14.7 Å². The fourth-order valence-corrected chi connectivity index (χ4v) is 3.20. The molecule has 3 N–H and O–H groups in total. The van der Waals surface area contributed by atoms with E-state index < -0.39 is 11.9 Å². The van der Waals surface area contributed by atoms with E-state index in [9.17, 15) is 9.59 Å². The summed E-state index contributed by atoms with van der Waals surface area (Å²) in [6.07, 6.45) is 5.10. The summed E-state index contributed by atoms with van der Waals surface area (Å²) in [6, 6.07) is 5.21. The first-order valence-corrected chi connectivity index (χ1v) is 7.79. The van der Waals surface area contributed by atoms with Crippen molar-refractivity contribution in [3.8, 4) is 0 Å². The van der Waals surface area contributed by atoms with Gasteiger partial charge >= 0.3 is 5.97 Å². The lowest BCUT2D eigenvalue weighted by molar-refractivity contribution is -0.137. The van der Waals surface area contributed by atoms with E-state index in [4.69, 9.17) is 10.8 Å². The molecular weight excluding hydrogens is 310 g/mol. The molecule has 2 aromatic heterocycles. The maximum absolute atomic E-state index is 11.6. The quantitative estimate of drug-likeness (QED) is 0.840. The summed E-state index contributed by atoms with van der Waals surface area (Å²) in [5, 5.41) is 13.1. The van der Waals surface area contributed by atoms with Crippen LogP contribution in [0.1, 0.15) is 34.8 Å². The summed E-state index contributed by atoms with van der Waals surface area (Å²) in [4.78, 5) is 29.0. The molecule has 1 saturated heterocycles. The van der Waals surface area contributed by atoms with E-state index in [0.29, 0.717) is 17.9 Å². The average Bonchev–Trinajstić information content (AvgIpc) is 3.02. The Balaban J connectivity index is 1.84. The zero-order valence-electron chi connectivity index (χ0n) is 13.1. The standard InChI is InChI=1S/C16H19N5O3/c17-15(24)12-4-1-6-18-16(12)20-8-2-3-11(9-20)13-5-7-19-21(13)10-14(22)23/h1,4-7,11H,2-3,8-10H2,(H2,17,24)(H,22,23). The summed E-state index contributed by atoms with van der Waals surface area (Å²) in [5.74, 6) is -0.716. The fourth-order valence-electron chi connectivity index (χ4n) is 3.20. The summed E-state index contributed by atoms with van der Waals surface area (Å²) in [7, 11) is 0. The first-order valence-electron chi connectivity index (χ1n) is 7.79. The van der Waals surface area contributed by atoms with Crippen LogP contribution in [0.3, 0.4) is 0 Å². The van der Waals surface area contributed by atoms with E-state index in [1.54, 1.807) is 24.5 Å². The molecule has 1 aliphatic rings. The highest BCUT2D eigenvalue weighted by molar-refractivity contribution is 5.97. The van der Waals surface area contributed by atoms with Crippen molar-refractivity contribution in [2.45, 2.75) is 25.3 Å². The van der Waals surface area contributed by atoms with Gasteiger partial charge in [0.25, 0.3) is 5.91 Å². The number of carbonyl (C=O) groups excluding carboxylic acids is 1. The number of amides is 1. The van der Waals surface area contributed by atoms with Gasteiger partial charge in [0.1, 0.15) is 12.4 Å². The number of pyridine rings is 1.